The lowest BCUT2D eigenvalue weighted by atomic mass is 9.89. The van der Waals surface area contributed by atoms with Crippen LogP contribution in [0.5, 0.6) is 0 Å². The van der Waals surface area contributed by atoms with Gasteiger partial charge in [-0.3, -0.25) is 9.88 Å². The van der Waals surface area contributed by atoms with Gasteiger partial charge in [-0.15, -0.1) is 0 Å². The number of piperidine rings is 1. The van der Waals surface area contributed by atoms with E-state index in [0.717, 1.165) is 44.6 Å². The zero-order valence-corrected chi connectivity index (χ0v) is 19.3. The third-order valence-corrected chi connectivity index (χ3v) is 6.98. The second-order valence-electron chi connectivity index (χ2n) is 9.22. The summed E-state index contributed by atoms with van der Waals surface area (Å²) in [5.41, 5.74) is 6.05. The Morgan fingerprint density at radius 3 is 2.48 bits per heavy atom. The molecule has 0 aliphatic carbocycles. The number of fused-ring (bicyclic) bond motifs is 1. The summed E-state index contributed by atoms with van der Waals surface area (Å²) in [7, 11) is 0. The van der Waals surface area contributed by atoms with Crippen molar-refractivity contribution in [2.75, 3.05) is 19.6 Å². The second kappa shape index (κ2) is 9.75. The summed E-state index contributed by atoms with van der Waals surface area (Å²) in [4.78, 5) is 22.5. The van der Waals surface area contributed by atoms with Crippen LogP contribution in [-0.2, 0) is 13.0 Å². The van der Waals surface area contributed by atoms with Crippen molar-refractivity contribution in [1.82, 2.24) is 20.1 Å². The number of amides is 2. The van der Waals surface area contributed by atoms with Crippen LogP contribution in [-0.4, -0.2) is 46.5 Å². The first-order valence-electron chi connectivity index (χ1n) is 12.0. The maximum Gasteiger partial charge on any atom is 0.318 e. The fourth-order valence-electron chi connectivity index (χ4n) is 5.25. The first kappa shape index (κ1) is 21.7. The second-order valence-corrected chi connectivity index (χ2v) is 9.22. The number of likely N-dealkylation sites (tertiary alicyclic amines) is 1. The van der Waals surface area contributed by atoms with E-state index in [1.54, 1.807) is 0 Å². The van der Waals surface area contributed by atoms with E-state index in [0.29, 0.717) is 6.54 Å². The number of carbonyl (C=O) groups excluding carboxylic acids is 1. The highest BCUT2D eigenvalue weighted by Crippen LogP contribution is 2.36. The Balaban J connectivity index is 1.40. The van der Waals surface area contributed by atoms with Crippen molar-refractivity contribution in [3.8, 4) is 0 Å². The molecule has 0 saturated carbocycles. The Hall–Kier alpha value is -3.18. The quantitative estimate of drug-likeness (QED) is 0.639. The molecule has 0 spiro atoms. The maximum absolute atomic E-state index is 13.5. The normalized spacial score (nSPS) is 20.0. The van der Waals surface area contributed by atoms with Crippen LogP contribution in [0.1, 0.15) is 46.8 Å². The Kier molecular flexibility index (Phi) is 6.40. The highest BCUT2D eigenvalue weighted by Gasteiger charge is 2.36. The SMILES string of the molecule is Cc1ccc(CN2CCC(N3C(=O)NCCc4ccccc4C3c3ccccc3)CC2)cn1. The molecule has 2 aliphatic rings. The average Bonchev–Trinajstić information content (AvgIpc) is 2.84. The van der Waals surface area contributed by atoms with Crippen molar-refractivity contribution >= 4 is 6.03 Å². The number of benzene rings is 2. The lowest BCUT2D eigenvalue weighted by Gasteiger charge is -2.44. The number of aromatic nitrogens is 1. The molecule has 33 heavy (non-hydrogen) atoms. The molecule has 1 unspecified atom stereocenters. The van der Waals surface area contributed by atoms with Gasteiger partial charge in [-0.05, 0) is 54.5 Å². The molecular weight excluding hydrogens is 408 g/mol. The van der Waals surface area contributed by atoms with Gasteiger partial charge in [0.2, 0.25) is 0 Å². The monoisotopic (exact) mass is 440 g/mol. The summed E-state index contributed by atoms with van der Waals surface area (Å²) in [5, 5.41) is 3.19. The molecule has 1 fully saturated rings. The van der Waals surface area contributed by atoms with Crippen LogP contribution in [0, 0.1) is 6.92 Å². The van der Waals surface area contributed by atoms with Crippen LogP contribution >= 0.6 is 0 Å². The van der Waals surface area contributed by atoms with Crippen LogP contribution in [0.4, 0.5) is 4.79 Å². The summed E-state index contributed by atoms with van der Waals surface area (Å²) in [6.07, 6.45) is 4.79. The number of hydrogen-bond donors (Lipinski definition) is 1. The Morgan fingerprint density at radius 1 is 0.970 bits per heavy atom. The largest absolute Gasteiger partial charge is 0.338 e. The Labute approximate surface area is 196 Å². The molecule has 5 heteroatoms. The van der Waals surface area contributed by atoms with E-state index in [9.17, 15) is 4.79 Å². The van der Waals surface area contributed by atoms with E-state index >= 15 is 0 Å². The highest BCUT2D eigenvalue weighted by molar-refractivity contribution is 5.76. The molecule has 1 aromatic heterocycles. The molecular formula is C28H32N4O. The first-order valence-corrected chi connectivity index (χ1v) is 12.0. The lowest BCUT2D eigenvalue weighted by Crippen LogP contribution is -2.53. The minimum Gasteiger partial charge on any atom is -0.338 e. The van der Waals surface area contributed by atoms with Gasteiger partial charge in [0.15, 0.2) is 0 Å². The van der Waals surface area contributed by atoms with Crippen molar-refractivity contribution in [1.29, 1.82) is 0 Å². The molecule has 0 bridgehead atoms. The van der Waals surface area contributed by atoms with Crippen molar-refractivity contribution < 1.29 is 4.79 Å². The van der Waals surface area contributed by atoms with E-state index in [1.165, 1.54) is 22.3 Å². The van der Waals surface area contributed by atoms with Gasteiger partial charge in [-0.1, -0.05) is 60.7 Å². The van der Waals surface area contributed by atoms with Gasteiger partial charge in [-0.2, -0.15) is 0 Å². The molecule has 2 amide bonds. The minimum absolute atomic E-state index is 0.0551. The van der Waals surface area contributed by atoms with Crippen molar-refractivity contribution in [3.63, 3.8) is 0 Å². The number of aryl methyl sites for hydroxylation is 1. The minimum atomic E-state index is -0.0689. The van der Waals surface area contributed by atoms with E-state index in [-0.39, 0.29) is 18.1 Å². The molecule has 0 radical (unpaired) electrons. The van der Waals surface area contributed by atoms with Crippen LogP contribution in [0.25, 0.3) is 0 Å². The zero-order chi connectivity index (χ0) is 22.6. The fourth-order valence-corrected chi connectivity index (χ4v) is 5.25. The van der Waals surface area contributed by atoms with E-state index in [2.05, 4.69) is 80.8 Å². The van der Waals surface area contributed by atoms with Gasteiger partial charge in [0.05, 0.1) is 6.04 Å². The number of hydrogen-bond acceptors (Lipinski definition) is 3. The standard InChI is InChI=1S/C28H32N4O/c1-21-11-12-22(19-30-21)20-31-17-14-25(15-18-31)32-27(24-8-3-2-4-9-24)26-10-6-5-7-23(26)13-16-29-28(32)33/h2-12,19,25,27H,13-18,20H2,1H3,(H,29,33). The molecule has 2 aliphatic heterocycles. The predicted molar refractivity (Wildman–Crippen MR) is 131 cm³/mol. The third-order valence-electron chi connectivity index (χ3n) is 6.98. The van der Waals surface area contributed by atoms with Crippen LogP contribution in [0.15, 0.2) is 72.9 Å². The molecule has 5 rings (SSSR count). The molecule has 5 nitrogen and oxygen atoms in total. The number of nitrogens with zero attached hydrogens (tertiary/aromatic N) is 3. The predicted octanol–water partition coefficient (Wildman–Crippen LogP) is 4.71. The molecule has 3 aromatic rings. The molecule has 1 saturated heterocycles. The van der Waals surface area contributed by atoms with E-state index < -0.39 is 0 Å². The number of urea groups is 1. The summed E-state index contributed by atoms with van der Waals surface area (Å²) in [5.74, 6) is 0. The zero-order valence-electron chi connectivity index (χ0n) is 19.3. The van der Waals surface area contributed by atoms with Crippen LogP contribution in [0.2, 0.25) is 0 Å². The topological polar surface area (TPSA) is 48.5 Å². The summed E-state index contributed by atoms with van der Waals surface area (Å²) in [6.45, 7) is 5.56. The van der Waals surface area contributed by atoms with Gasteiger partial charge in [0.1, 0.15) is 0 Å². The maximum atomic E-state index is 13.5. The number of rotatable bonds is 4. The third kappa shape index (κ3) is 4.79. The van der Waals surface area contributed by atoms with E-state index in [4.69, 9.17) is 0 Å². The van der Waals surface area contributed by atoms with Crippen LogP contribution < -0.4 is 5.32 Å². The summed E-state index contributed by atoms with van der Waals surface area (Å²) >= 11 is 0. The number of nitrogens with one attached hydrogen (secondary N) is 1. The molecule has 2 aromatic carbocycles. The van der Waals surface area contributed by atoms with E-state index in [1.807, 2.05) is 19.2 Å². The molecule has 170 valence electrons. The smallest absolute Gasteiger partial charge is 0.318 e. The summed E-state index contributed by atoms with van der Waals surface area (Å²) < 4.78 is 0. The van der Waals surface area contributed by atoms with Gasteiger partial charge >= 0.3 is 6.03 Å². The van der Waals surface area contributed by atoms with Gasteiger partial charge in [0, 0.05) is 44.1 Å². The van der Waals surface area contributed by atoms with Gasteiger partial charge in [-0.25, -0.2) is 4.79 Å². The fraction of sp³-hybridized carbons (Fsp3) is 0.357. The highest BCUT2D eigenvalue weighted by atomic mass is 16.2. The van der Waals surface area contributed by atoms with Crippen molar-refractivity contribution in [2.24, 2.45) is 0 Å². The molecule has 1 N–H and O–H groups in total. The first-order chi connectivity index (χ1) is 16.2. The number of carbonyl (C=O) groups is 1. The lowest BCUT2D eigenvalue weighted by molar-refractivity contribution is 0.0998. The van der Waals surface area contributed by atoms with Crippen LogP contribution in [0.3, 0.4) is 0 Å². The van der Waals surface area contributed by atoms with Gasteiger partial charge < -0.3 is 10.2 Å². The van der Waals surface area contributed by atoms with Crippen molar-refractivity contribution in [2.45, 2.75) is 44.8 Å². The van der Waals surface area contributed by atoms with Crippen molar-refractivity contribution in [3.05, 3.63) is 101 Å². The van der Waals surface area contributed by atoms with Gasteiger partial charge in [0.25, 0.3) is 0 Å². The molecule has 3 heterocycles. The number of pyridine rings is 1. The average molecular weight is 441 g/mol. The Morgan fingerprint density at radius 2 is 1.73 bits per heavy atom. The molecule has 1 atom stereocenters. The Bertz CT molecular complexity index is 1070. The summed E-state index contributed by atoms with van der Waals surface area (Å²) in [6, 6.07) is 23.6.